The summed E-state index contributed by atoms with van der Waals surface area (Å²) in [5.74, 6) is 0. The van der Waals surface area contributed by atoms with E-state index in [-0.39, 0.29) is 6.04 Å². The highest BCUT2D eigenvalue weighted by molar-refractivity contribution is 6.12. The lowest BCUT2D eigenvalue weighted by molar-refractivity contribution is 0.670. The van der Waals surface area contributed by atoms with Gasteiger partial charge in [-0.1, -0.05) is 196 Å². The number of benzene rings is 6. The highest BCUT2D eigenvalue weighted by Crippen LogP contribution is 2.41. The molecule has 0 amide bonds. The first-order valence-corrected chi connectivity index (χ1v) is 21.8. The molecule has 304 valence electrons. The number of rotatable bonds is 9. The van der Waals surface area contributed by atoms with E-state index in [1.807, 2.05) is 33.8 Å². The molecule has 1 atom stereocenters. The van der Waals surface area contributed by atoms with Gasteiger partial charge in [0.2, 0.25) is 0 Å². The lowest BCUT2D eigenvalue weighted by Crippen LogP contribution is -1.99. The Morgan fingerprint density at radius 2 is 1.41 bits per heavy atom. The predicted octanol–water partition coefficient (Wildman–Crippen LogP) is 17.0. The Kier molecular flexibility index (Phi) is 13.9. The fourth-order valence-corrected chi connectivity index (χ4v) is 8.08. The van der Waals surface area contributed by atoms with Crippen LogP contribution >= 0.6 is 0 Å². The van der Waals surface area contributed by atoms with E-state index in [1.165, 1.54) is 55.7 Å². The Hall–Kier alpha value is -6.77. The van der Waals surface area contributed by atoms with E-state index in [1.54, 1.807) is 0 Å². The first kappa shape index (κ1) is 42.4. The SMILES string of the molecule is C/C=C\C=C/C1=Cc2cccc(-c3cccc4c3oc3cc(C(C)=NC(C)c5ccc(C6=CCCC=C6)cc5)ccc34)c2C1.C=C(C)c1ccc(-c2ccccc2)cc1.CC. The monoisotopic (exact) mass is 795 g/mol. The van der Waals surface area contributed by atoms with Gasteiger partial charge in [0.05, 0.1) is 6.04 Å². The number of hydrogen-bond donors (Lipinski definition) is 0. The average Bonchev–Trinajstić information content (AvgIpc) is 3.92. The molecule has 0 saturated heterocycles. The molecule has 7 aromatic rings. The molecule has 2 aliphatic carbocycles. The van der Waals surface area contributed by atoms with Crippen LogP contribution in [0.15, 0.2) is 198 Å². The second-order valence-corrected chi connectivity index (χ2v) is 15.5. The third kappa shape index (κ3) is 9.83. The van der Waals surface area contributed by atoms with Crippen molar-refractivity contribution in [3.8, 4) is 22.3 Å². The van der Waals surface area contributed by atoms with Gasteiger partial charge in [-0.2, -0.15) is 0 Å². The van der Waals surface area contributed by atoms with Crippen molar-refractivity contribution < 1.29 is 4.42 Å². The van der Waals surface area contributed by atoms with Gasteiger partial charge in [0.1, 0.15) is 11.2 Å². The van der Waals surface area contributed by atoms with E-state index < -0.39 is 0 Å². The first-order valence-electron chi connectivity index (χ1n) is 21.8. The normalized spacial score (nSPS) is 14.0. The molecule has 2 nitrogen and oxygen atoms in total. The molecule has 1 aromatic heterocycles. The zero-order valence-electron chi connectivity index (χ0n) is 36.6. The molecule has 9 rings (SSSR count). The van der Waals surface area contributed by atoms with E-state index in [4.69, 9.17) is 9.41 Å². The third-order valence-electron chi connectivity index (χ3n) is 11.3. The molecule has 0 aliphatic heterocycles. The maximum atomic E-state index is 6.65. The summed E-state index contributed by atoms with van der Waals surface area (Å²) >= 11 is 0. The third-order valence-corrected chi connectivity index (χ3v) is 11.3. The van der Waals surface area contributed by atoms with Crippen LogP contribution in [0, 0.1) is 0 Å². The van der Waals surface area contributed by atoms with Crippen molar-refractivity contribution in [2.75, 3.05) is 0 Å². The minimum atomic E-state index is 0.0596. The molecule has 0 fully saturated rings. The number of allylic oxidation sites excluding steroid dienone is 10. The van der Waals surface area contributed by atoms with E-state index >= 15 is 0 Å². The van der Waals surface area contributed by atoms with Gasteiger partial charge in [-0.25, -0.2) is 0 Å². The average molecular weight is 796 g/mol. The molecule has 2 heteroatoms. The van der Waals surface area contributed by atoms with Gasteiger partial charge >= 0.3 is 0 Å². The first-order chi connectivity index (χ1) is 29.9. The zero-order chi connectivity index (χ0) is 42.7. The van der Waals surface area contributed by atoms with Crippen LogP contribution in [-0.2, 0) is 6.42 Å². The number of hydrogen-bond acceptors (Lipinski definition) is 2. The lowest BCUT2D eigenvalue weighted by Gasteiger charge is -2.12. The van der Waals surface area contributed by atoms with Crippen LogP contribution in [0.25, 0.3) is 61.4 Å². The molecule has 0 bridgehead atoms. The van der Waals surface area contributed by atoms with E-state index in [0.717, 1.165) is 63.6 Å². The van der Waals surface area contributed by atoms with Crippen LogP contribution < -0.4 is 0 Å². The van der Waals surface area contributed by atoms with Crippen molar-refractivity contribution in [1.82, 2.24) is 0 Å². The minimum Gasteiger partial charge on any atom is -0.455 e. The summed E-state index contributed by atoms with van der Waals surface area (Å²) in [5, 5.41) is 2.28. The summed E-state index contributed by atoms with van der Waals surface area (Å²) in [5.41, 5.74) is 18.9. The van der Waals surface area contributed by atoms with Gasteiger partial charge in [-0.3, -0.25) is 4.99 Å². The van der Waals surface area contributed by atoms with Crippen molar-refractivity contribution in [3.63, 3.8) is 0 Å². The van der Waals surface area contributed by atoms with Crippen molar-refractivity contribution in [2.45, 2.75) is 66.8 Å². The Bertz CT molecular complexity index is 2820. The molecule has 61 heavy (non-hydrogen) atoms. The number of para-hydroxylation sites is 1. The Balaban J connectivity index is 0.000000277. The minimum absolute atomic E-state index is 0.0596. The maximum Gasteiger partial charge on any atom is 0.143 e. The van der Waals surface area contributed by atoms with E-state index in [9.17, 15) is 0 Å². The Labute approximate surface area is 363 Å². The molecule has 2 aliphatic rings. The van der Waals surface area contributed by atoms with E-state index in [2.05, 4.69) is 196 Å². The highest BCUT2D eigenvalue weighted by Gasteiger charge is 2.20. The topological polar surface area (TPSA) is 25.5 Å². The Morgan fingerprint density at radius 3 is 2.13 bits per heavy atom. The van der Waals surface area contributed by atoms with E-state index in [0.29, 0.717) is 0 Å². The molecular weight excluding hydrogens is 739 g/mol. The second-order valence-electron chi connectivity index (χ2n) is 15.5. The lowest BCUT2D eigenvalue weighted by atomic mass is 9.94. The summed E-state index contributed by atoms with van der Waals surface area (Å²) in [4.78, 5) is 5.09. The van der Waals surface area contributed by atoms with Crippen LogP contribution in [0.5, 0.6) is 0 Å². The number of furan rings is 1. The van der Waals surface area contributed by atoms with Crippen LogP contribution in [0.2, 0.25) is 0 Å². The molecule has 1 unspecified atom stereocenters. The number of fused-ring (bicyclic) bond motifs is 4. The van der Waals surface area contributed by atoms with Crippen LogP contribution in [0.4, 0.5) is 0 Å². The van der Waals surface area contributed by atoms with Crippen molar-refractivity contribution in [2.24, 2.45) is 4.99 Å². The van der Waals surface area contributed by atoms with Gasteiger partial charge in [-0.05, 0) is 120 Å². The van der Waals surface area contributed by atoms with Gasteiger partial charge < -0.3 is 4.42 Å². The van der Waals surface area contributed by atoms with Gasteiger partial charge in [0, 0.05) is 22.0 Å². The quantitative estimate of drug-likeness (QED) is 0.106. The molecule has 0 N–H and O–H groups in total. The Morgan fingerprint density at radius 1 is 0.705 bits per heavy atom. The molecular formula is C59H57NO. The summed E-state index contributed by atoms with van der Waals surface area (Å²) in [6, 6.07) is 47.4. The highest BCUT2D eigenvalue weighted by atomic mass is 16.3. The predicted molar refractivity (Wildman–Crippen MR) is 266 cm³/mol. The molecule has 6 aromatic carbocycles. The standard InChI is InChI=1S/C42H37NO.C15H14.C2H6/c1-4-5-7-12-30-25-35-15-10-16-36(40(35)26-30)38-17-11-18-39-37-24-23-34(27-41(37)44-42(38)39)29(3)43-28(2)31-19-21-33(22-20-31)32-13-8-6-9-14-32;1-12(2)13-8-10-15(11-9-13)14-6-4-3-5-7-14;1-2/h4-5,7-8,10-25,27-28H,6,9,26H2,1-3H3;3-11H,1H2,2H3;1-2H3/b5-4-,12-7-,43-29?;;. The van der Waals surface area contributed by atoms with Crippen molar-refractivity contribution in [3.05, 3.63) is 222 Å². The van der Waals surface area contributed by atoms with Gasteiger partial charge in [0.15, 0.2) is 0 Å². The molecule has 0 radical (unpaired) electrons. The molecule has 0 spiro atoms. The van der Waals surface area contributed by atoms with Crippen molar-refractivity contribution >= 4 is 44.9 Å². The van der Waals surface area contributed by atoms with Crippen molar-refractivity contribution in [1.29, 1.82) is 0 Å². The van der Waals surface area contributed by atoms with Crippen LogP contribution in [0.1, 0.15) is 93.8 Å². The summed E-state index contributed by atoms with van der Waals surface area (Å²) in [7, 11) is 0. The summed E-state index contributed by atoms with van der Waals surface area (Å²) in [6.45, 7) is 16.3. The largest absolute Gasteiger partial charge is 0.455 e. The second kappa shape index (κ2) is 20.0. The smallest absolute Gasteiger partial charge is 0.143 e. The molecule has 0 saturated carbocycles. The van der Waals surface area contributed by atoms with Gasteiger partial charge in [0.25, 0.3) is 0 Å². The molecule has 1 heterocycles. The van der Waals surface area contributed by atoms with Crippen LogP contribution in [0.3, 0.4) is 0 Å². The number of aliphatic imine (C=N–C) groups is 1. The fourth-order valence-electron chi connectivity index (χ4n) is 8.08. The van der Waals surface area contributed by atoms with Crippen LogP contribution in [-0.4, -0.2) is 5.71 Å². The fraction of sp³-hybridized carbons (Fsp3) is 0.169. The number of nitrogens with zero attached hydrogens (tertiary/aromatic N) is 1. The van der Waals surface area contributed by atoms with Gasteiger partial charge in [-0.15, -0.1) is 0 Å². The maximum absolute atomic E-state index is 6.65. The summed E-state index contributed by atoms with van der Waals surface area (Å²) < 4.78 is 6.65. The zero-order valence-corrected chi connectivity index (χ0v) is 36.6. The summed E-state index contributed by atoms with van der Waals surface area (Å²) in [6.07, 6.45) is 20.7.